The number of hydrogen-bond donors (Lipinski definition) is 2. The summed E-state index contributed by atoms with van der Waals surface area (Å²) < 4.78 is 5.37. The molecule has 0 radical (unpaired) electrons. The first kappa shape index (κ1) is 12.6. The van der Waals surface area contributed by atoms with Crippen LogP contribution in [0.15, 0.2) is 24.3 Å². The molecule has 0 aliphatic carbocycles. The zero-order chi connectivity index (χ0) is 12.3. The zero-order valence-electron chi connectivity index (χ0n) is 10.4. The Kier molecular flexibility index (Phi) is 3.82. The van der Waals surface area contributed by atoms with Crippen molar-refractivity contribution < 1.29 is 9.84 Å². The van der Waals surface area contributed by atoms with Crippen LogP contribution in [0.1, 0.15) is 30.1 Å². The van der Waals surface area contributed by atoms with E-state index in [9.17, 15) is 5.11 Å². The fourth-order valence-electron chi connectivity index (χ4n) is 2.56. The van der Waals surface area contributed by atoms with E-state index in [-0.39, 0.29) is 5.41 Å². The lowest BCUT2D eigenvalue weighted by atomic mass is 9.73. The molecule has 1 atom stereocenters. The van der Waals surface area contributed by atoms with Gasteiger partial charge in [0.25, 0.3) is 0 Å². The molecule has 1 aromatic rings. The topological polar surface area (TPSA) is 55.5 Å². The number of hydrogen-bond acceptors (Lipinski definition) is 3. The van der Waals surface area contributed by atoms with Crippen LogP contribution in [-0.4, -0.2) is 24.9 Å². The minimum atomic E-state index is -0.490. The van der Waals surface area contributed by atoms with E-state index in [0.717, 1.165) is 18.4 Å². The van der Waals surface area contributed by atoms with E-state index in [4.69, 9.17) is 10.5 Å². The molecule has 0 amide bonds. The summed E-state index contributed by atoms with van der Waals surface area (Å²) in [7, 11) is 0. The van der Waals surface area contributed by atoms with Gasteiger partial charge in [-0.1, -0.05) is 29.8 Å². The monoisotopic (exact) mass is 235 g/mol. The molecule has 1 fully saturated rings. The molecular formula is C14H21NO2. The van der Waals surface area contributed by atoms with Gasteiger partial charge in [0.15, 0.2) is 0 Å². The quantitative estimate of drug-likeness (QED) is 0.839. The third-order valence-corrected chi connectivity index (χ3v) is 3.83. The van der Waals surface area contributed by atoms with Gasteiger partial charge in [-0.15, -0.1) is 0 Å². The van der Waals surface area contributed by atoms with E-state index in [1.165, 1.54) is 5.56 Å². The first-order valence-electron chi connectivity index (χ1n) is 6.20. The molecule has 3 heteroatoms. The van der Waals surface area contributed by atoms with Crippen molar-refractivity contribution in [2.45, 2.75) is 25.9 Å². The van der Waals surface area contributed by atoms with E-state index in [1.54, 1.807) is 0 Å². The summed E-state index contributed by atoms with van der Waals surface area (Å²) in [6, 6.07) is 8.04. The van der Waals surface area contributed by atoms with Crippen LogP contribution < -0.4 is 5.73 Å². The van der Waals surface area contributed by atoms with Gasteiger partial charge in [0.1, 0.15) is 0 Å². The molecule has 3 N–H and O–H groups in total. The maximum absolute atomic E-state index is 10.6. The van der Waals surface area contributed by atoms with Gasteiger partial charge in [-0.05, 0) is 25.3 Å². The highest BCUT2D eigenvalue weighted by atomic mass is 16.5. The van der Waals surface area contributed by atoms with Gasteiger partial charge in [0, 0.05) is 25.2 Å². The lowest BCUT2D eigenvalue weighted by Gasteiger charge is -2.40. The van der Waals surface area contributed by atoms with Crippen LogP contribution in [0.3, 0.4) is 0 Å². The van der Waals surface area contributed by atoms with Crippen molar-refractivity contribution in [2.75, 3.05) is 19.8 Å². The molecule has 0 spiro atoms. The van der Waals surface area contributed by atoms with Crippen molar-refractivity contribution in [3.63, 3.8) is 0 Å². The van der Waals surface area contributed by atoms with Crippen LogP contribution in [0.4, 0.5) is 0 Å². The molecular weight excluding hydrogens is 214 g/mol. The van der Waals surface area contributed by atoms with Crippen LogP contribution in [0.5, 0.6) is 0 Å². The van der Waals surface area contributed by atoms with E-state index in [0.29, 0.717) is 19.8 Å². The van der Waals surface area contributed by atoms with Crippen LogP contribution in [0.25, 0.3) is 0 Å². The Labute approximate surface area is 103 Å². The molecule has 0 saturated carbocycles. The Hall–Kier alpha value is -0.900. The minimum Gasteiger partial charge on any atom is -0.388 e. The highest BCUT2D eigenvalue weighted by Gasteiger charge is 2.39. The van der Waals surface area contributed by atoms with Crippen molar-refractivity contribution >= 4 is 0 Å². The fraction of sp³-hybridized carbons (Fsp3) is 0.571. The second-order valence-electron chi connectivity index (χ2n) is 5.00. The van der Waals surface area contributed by atoms with Gasteiger partial charge in [0.05, 0.1) is 6.10 Å². The Bertz CT molecular complexity index is 372. The Morgan fingerprint density at radius 3 is 2.71 bits per heavy atom. The molecule has 17 heavy (non-hydrogen) atoms. The number of benzene rings is 1. The van der Waals surface area contributed by atoms with E-state index in [2.05, 4.69) is 0 Å². The van der Waals surface area contributed by atoms with Crippen molar-refractivity contribution in [3.8, 4) is 0 Å². The van der Waals surface area contributed by atoms with E-state index >= 15 is 0 Å². The number of aliphatic hydroxyl groups is 1. The summed E-state index contributed by atoms with van der Waals surface area (Å²) in [5.74, 6) is 0. The van der Waals surface area contributed by atoms with Crippen molar-refractivity contribution in [3.05, 3.63) is 35.4 Å². The summed E-state index contributed by atoms with van der Waals surface area (Å²) in [4.78, 5) is 0. The fourth-order valence-corrected chi connectivity index (χ4v) is 2.56. The predicted octanol–water partition coefficient (Wildman–Crippen LogP) is 1.78. The predicted molar refractivity (Wildman–Crippen MR) is 67.7 cm³/mol. The van der Waals surface area contributed by atoms with Gasteiger partial charge in [-0.2, -0.15) is 0 Å². The maximum Gasteiger partial charge on any atom is 0.0860 e. The van der Waals surface area contributed by atoms with E-state index < -0.39 is 6.10 Å². The first-order chi connectivity index (χ1) is 8.18. The number of nitrogens with two attached hydrogens (primary N) is 1. The summed E-state index contributed by atoms with van der Waals surface area (Å²) in [6.07, 6.45) is 1.17. The molecule has 3 nitrogen and oxygen atoms in total. The molecule has 1 aliphatic rings. The highest BCUT2D eigenvalue weighted by molar-refractivity contribution is 5.25. The van der Waals surface area contributed by atoms with Crippen LogP contribution in [0, 0.1) is 12.3 Å². The molecule has 2 rings (SSSR count). The lowest BCUT2D eigenvalue weighted by Crippen LogP contribution is -2.41. The first-order valence-corrected chi connectivity index (χ1v) is 6.20. The smallest absolute Gasteiger partial charge is 0.0860 e. The average molecular weight is 235 g/mol. The van der Waals surface area contributed by atoms with Gasteiger partial charge >= 0.3 is 0 Å². The van der Waals surface area contributed by atoms with Gasteiger partial charge in [-0.25, -0.2) is 0 Å². The number of aliphatic hydroxyl groups excluding tert-OH is 1. The summed E-state index contributed by atoms with van der Waals surface area (Å²) in [5.41, 5.74) is 7.82. The van der Waals surface area contributed by atoms with Gasteiger partial charge in [0.2, 0.25) is 0 Å². The third-order valence-electron chi connectivity index (χ3n) is 3.83. The number of rotatable bonds is 3. The molecule has 1 aliphatic heterocycles. The molecule has 1 unspecified atom stereocenters. The SMILES string of the molecule is Cc1cccc(C(O)C2(CN)CCOCC2)c1. The van der Waals surface area contributed by atoms with Crippen LogP contribution >= 0.6 is 0 Å². The molecule has 0 bridgehead atoms. The Morgan fingerprint density at radius 1 is 1.41 bits per heavy atom. The van der Waals surface area contributed by atoms with Crippen LogP contribution in [0.2, 0.25) is 0 Å². The maximum atomic E-state index is 10.6. The largest absolute Gasteiger partial charge is 0.388 e. The zero-order valence-corrected chi connectivity index (χ0v) is 10.4. The highest BCUT2D eigenvalue weighted by Crippen LogP contribution is 2.41. The number of aryl methyl sites for hydroxylation is 1. The minimum absolute atomic E-state index is 0.216. The van der Waals surface area contributed by atoms with Crippen molar-refractivity contribution in [1.29, 1.82) is 0 Å². The lowest BCUT2D eigenvalue weighted by molar-refractivity contribution is -0.0581. The summed E-state index contributed by atoms with van der Waals surface area (Å²) >= 11 is 0. The van der Waals surface area contributed by atoms with E-state index in [1.807, 2.05) is 31.2 Å². The van der Waals surface area contributed by atoms with Crippen LogP contribution in [-0.2, 0) is 4.74 Å². The molecule has 1 aromatic carbocycles. The van der Waals surface area contributed by atoms with Gasteiger partial charge < -0.3 is 15.6 Å². The second-order valence-corrected chi connectivity index (χ2v) is 5.00. The van der Waals surface area contributed by atoms with Gasteiger partial charge in [-0.3, -0.25) is 0 Å². The summed E-state index contributed by atoms with van der Waals surface area (Å²) in [5, 5.41) is 10.6. The molecule has 1 saturated heterocycles. The number of ether oxygens (including phenoxy) is 1. The average Bonchev–Trinajstić information content (AvgIpc) is 2.38. The molecule has 1 heterocycles. The standard InChI is InChI=1S/C14H21NO2/c1-11-3-2-4-12(9-11)13(16)14(10-15)5-7-17-8-6-14/h2-4,9,13,16H,5-8,10,15H2,1H3. The third kappa shape index (κ3) is 2.51. The summed E-state index contributed by atoms with van der Waals surface area (Å²) in [6.45, 7) is 3.93. The second kappa shape index (κ2) is 5.17. The van der Waals surface area contributed by atoms with Crippen molar-refractivity contribution in [1.82, 2.24) is 0 Å². The van der Waals surface area contributed by atoms with Crippen molar-refractivity contribution in [2.24, 2.45) is 11.1 Å². The normalized spacial score (nSPS) is 21.1. The molecule has 94 valence electrons. The molecule has 0 aromatic heterocycles. The Balaban J connectivity index is 2.24. The Morgan fingerprint density at radius 2 is 2.12 bits per heavy atom.